The van der Waals surface area contributed by atoms with Gasteiger partial charge in [0.15, 0.2) is 12.2 Å². The molecule has 6 heteroatoms. The van der Waals surface area contributed by atoms with Gasteiger partial charge in [0.05, 0.1) is 12.2 Å². The molecule has 2 aromatic carbocycles. The molecule has 0 saturated carbocycles. The molecule has 37 heavy (non-hydrogen) atoms. The lowest BCUT2D eigenvalue weighted by molar-refractivity contribution is -0.199. The molecule has 3 unspecified atom stereocenters. The number of hydrogen-bond donors (Lipinski definition) is 1. The quantitative estimate of drug-likeness (QED) is 0.351. The molecule has 1 spiro atoms. The second-order valence-electron chi connectivity index (χ2n) is 10.9. The van der Waals surface area contributed by atoms with E-state index in [4.69, 9.17) is 14.2 Å². The van der Waals surface area contributed by atoms with Gasteiger partial charge in [-0.2, -0.15) is 4.39 Å². The minimum atomic E-state index is -0.230. The molecule has 200 valence electrons. The molecular weight excluding hydrogens is 469 g/mol. The van der Waals surface area contributed by atoms with E-state index in [0.717, 1.165) is 38.5 Å². The van der Waals surface area contributed by atoms with Crippen LogP contribution < -0.4 is 0 Å². The lowest BCUT2D eigenvalue weighted by atomic mass is 9.70. The Morgan fingerprint density at radius 3 is 2.54 bits per heavy atom. The van der Waals surface area contributed by atoms with Crippen LogP contribution >= 0.6 is 0 Å². The zero-order valence-corrected chi connectivity index (χ0v) is 22.1. The van der Waals surface area contributed by atoms with Gasteiger partial charge in [-0.25, -0.2) is 0 Å². The molecule has 2 aromatic rings. The number of methoxy groups -OCH3 is 2. The minimum Gasteiger partial charge on any atom is -0.508 e. The molecule has 0 radical (unpaired) electrons. The largest absolute Gasteiger partial charge is 0.508 e. The fourth-order valence-electron chi connectivity index (χ4n) is 6.75. The second kappa shape index (κ2) is 11.5. The summed E-state index contributed by atoms with van der Waals surface area (Å²) in [6.07, 6.45) is 7.76. The summed E-state index contributed by atoms with van der Waals surface area (Å²) in [6, 6.07) is 16.3. The molecular formula is C31H40FNO4. The standard InChI is InChI=1S/C31H40FNO4/c1-35-30(36-2)24-14-15-31(37-21-24)16-18-33(19-17-31)29(32)13-12-28-26(22-6-4-3-5-7-22)10-8-23-20-25(34)9-11-27(23)28/h3-7,9,11,13,20,24,26,28,30,34H,8,10,12,14-19,21H2,1-2H3/b29-13-. The predicted molar refractivity (Wildman–Crippen MR) is 142 cm³/mol. The zero-order valence-electron chi connectivity index (χ0n) is 22.1. The summed E-state index contributed by atoms with van der Waals surface area (Å²) >= 11 is 0. The summed E-state index contributed by atoms with van der Waals surface area (Å²) in [5.41, 5.74) is 3.57. The summed E-state index contributed by atoms with van der Waals surface area (Å²) in [6.45, 7) is 1.96. The Hall–Kier alpha value is -2.41. The van der Waals surface area contributed by atoms with Gasteiger partial charge in [0, 0.05) is 33.2 Å². The smallest absolute Gasteiger partial charge is 0.185 e. The van der Waals surface area contributed by atoms with Gasteiger partial charge in [0.1, 0.15) is 5.75 Å². The number of fused-ring (bicyclic) bond motifs is 1. The maximum atomic E-state index is 15.5. The third-order valence-electron chi connectivity index (χ3n) is 8.90. The first-order chi connectivity index (χ1) is 18.0. The molecule has 5 rings (SSSR count). The van der Waals surface area contributed by atoms with E-state index in [2.05, 4.69) is 24.3 Å². The number of hydrogen-bond acceptors (Lipinski definition) is 5. The van der Waals surface area contributed by atoms with E-state index in [1.54, 1.807) is 26.4 Å². The molecule has 2 heterocycles. The van der Waals surface area contributed by atoms with Gasteiger partial charge in [0.25, 0.3) is 0 Å². The van der Waals surface area contributed by atoms with Crippen molar-refractivity contribution in [2.45, 2.75) is 68.7 Å². The third kappa shape index (κ3) is 5.71. The number of allylic oxidation sites excluding steroid dienone is 1. The Morgan fingerprint density at radius 2 is 1.86 bits per heavy atom. The van der Waals surface area contributed by atoms with Gasteiger partial charge >= 0.3 is 0 Å². The Morgan fingerprint density at radius 1 is 1.11 bits per heavy atom. The normalized spacial score (nSPS) is 25.9. The van der Waals surface area contributed by atoms with E-state index in [-0.39, 0.29) is 29.7 Å². The molecule has 3 aliphatic rings. The maximum absolute atomic E-state index is 15.5. The van der Waals surface area contributed by atoms with Crippen molar-refractivity contribution in [3.63, 3.8) is 0 Å². The molecule has 5 nitrogen and oxygen atoms in total. The monoisotopic (exact) mass is 509 g/mol. The number of rotatable bonds is 7. The Bertz CT molecular complexity index is 1050. The Balaban J connectivity index is 1.24. The molecule has 0 amide bonds. The number of phenols is 1. The van der Waals surface area contributed by atoms with Crippen LogP contribution in [-0.2, 0) is 20.6 Å². The topological polar surface area (TPSA) is 51.2 Å². The fraction of sp³-hybridized carbons (Fsp3) is 0.548. The third-order valence-corrected chi connectivity index (χ3v) is 8.90. The number of piperidine rings is 1. The zero-order chi connectivity index (χ0) is 25.8. The van der Waals surface area contributed by atoms with Crippen molar-refractivity contribution in [1.29, 1.82) is 0 Å². The number of ether oxygens (including phenoxy) is 3. The predicted octanol–water partition coefficient (Wildman–Crippen LogP) is 6.29. The number of phenolic OH excluding ortho intramolecular Hbond substituents is 1. The van der Waals surface area contributed by atoms with Crippen LogP contribution in [-0.4, -0.2) is 55.8 Å². The number of aromatic hydroxyl groups is 1. The minimum absolute atomic E-state index is 0.125. The van der Waals surface area contributed by atoms with Crippen molar-refractivity contribution in [2.24, 2.45) is 5.92 Å². The van der Waals surface area contributed by atoms with Crippen LogP contribution in [0.2, 0.25) is 0 Å². The van der Waals surface area contributed by atoms with E-state index in [0.29, 0.717) is 37.8 Å². The first-order valence-corrected chi connectivity index (χ1v) is 13.7. The number of halogens is 1. The number of likely N-dealkylation sites (tertiary alicyclic amines) is 1. The SMILES string of the molecule is COC(OC)C1CCC2(CCN(/C(F)=C\CC3c4ccc(O)cc4CCC3c3ccccc3)CC2)OC1. The molecule has 2 aliphatic heterocycles. The van der Waals surface area contributed by atoms with Crippen LogP contribution in [0.15, 0.2) is 60.6 Å². The van der Waals surface area contributed by atoms with Crippen molar-refractivity contribution < 1.29 is 23.7 Å². The van der Waals surface area contributed by atoms with E-state index in [9.17, 15) is 5.11 Å². The van der Waals surface area contributed by atoms with E-state index in [1.165, 1.54) is 16.7 Å². The summed E-state index contributed by atoms with van der Waals surface area (Å²) in [7, 11) is 3.34. The maximum Gasteiger partial charge on any atom is 0.185 e. The van der Waals surface area contributed by atoms with Crippen molar-refractivity contribution in [1.82, 2.24) is 4.90 Å². The van der Waals surface area contributed by atoms with Crippen molar-refractivity contribution in [2.75, 3.05) is 33.9 Å². The van der Waals surface area contributed by atoms with Crippen LogP contribution in [0.1, 0.15) is 67.1 Å². The van der Waals surface area contributed by atoms with E-state index >= 15 is 4.39 Å². The molecule has 0 bridgehead atoms. The van der Waals surface area contributed by atoms with Crippen molar-refractivity contribution in [3.8, 4) is 5.75 Å². The van der Waals surface area contributed by atoms with Crippen molar-refractivity contribution >= 4 is 0 Å². The Kier molecular flexibility index (Phi) is 8.18. The van der Waals surface area contributed by atoms with Gasteiger partial charge in [-0.3, -0.25) is 0 Å². The lowest BCUT2D eigenvalue weighted by Gasteiger charge is -2.46. The second-order valence-corrected chi connectivity index (χ2v) is 10.9. The van der Waals surface area contributed by atoms with Gasteiger partial charge in [-0.1, -0.05) is 36.4 Å². The van der Waals surface area contributed by atoms with Crippen LogP contribution in [0.4, 0.5) is 4.39 Å². The van der Waals surface area contributed by atoms with Crippen molar-refractivity contribution in [3.05, 3.63) is 77.2 Å². The highest BCUT2D eigenvalue weighted by atomic mass is 19.1. The highest BCUT2D eigenvalue weighted by Gasteiger charge is 2.41. The average Bonchev–Trinajstić information content (AvgIpc) is 2.94. The highest BCUT2D eigenvalue weighted by Crippen LogP contribution is 2.46. The molecule has 0 aromatic heterocycles. The molecule has 2 saturated heterocycles. The van der Waals surface area contributed by atoms with Gasteiger partial charge in [0.2, 0.25) is 0 Å². The highest BCUT2D eigenvalue weighted by molar-refractivity contribution is 5.42. The lowest BCUT2D eigenvalue weighted by Crippen LogP contribution is -2.50. The van der Waals surface area contributed by atoms with Gasteiger partial charge in [-0.05, 0) is 91.7 Å². The summed E-state index contributed by atoms with van der Waals surface area (Å²) in [4.78, 5) is 1.88. The van der Waals surface area contributed by atoms with Crippen LogP contribution in [0.3, 0.4) is 0 Å². The van der Waals surface area contributed by atoms with Gasteiger partial charge < -0.3 is 24.2 Å². The van der Waals surface area contributed by atoms with Crippen LogP contribution in [0.5, 0.6) is 5.75 Å². The van der Waals surface area contributed by atoms with Crippen LogP contribution in [0, 0.1) is 5.92 Å². The summed E-state index contributed by atoms with van der Waals surface area (Å²) < 4.78 is 32.7. The fourth-order valence-corrected chi connectivity index (χ4v) is 6.75. The molecule has 2 fully saturated rings. The first-order valence-electron chi connectivity index (χ1n) is 13.7. The van der Waals surface area contributed by atoms with E-state index < -0.39 is 0 Å². The van der Waals surface area contributed by atoms with E-state index in [1.807, 2.05) is 23.1 Å². The number of aryl methyl sites for hydroxylation is 1. The molecule has 3 atom stereocenters. The Labute approximate surface area is 220 Å². The first kappa shape index (κ1) is 26.2. The summed E-state index contributed by atoms with van der Waals surface area (Å²) in [5.74, 6) is 0.935. The van der Waals surface area contributed by atoms with Crippen LogP contribution in [0.25, 0.3) is 0 Å². The van der Waals surface area contributed by atoms with Gasteiger partial charge in [-0.15, -0.1) is 0 Å². The number of nitrogens with zero attached hydrogens (tertiary/aromatic N) is 1. The molecule has 1 N–H and O–H groups in total. The molecule has 1 aliphatic carbocycles. The number of benzene rings is 2. The summed E-state index contributed by atoms with van der Waals surface area (Å²) in [5, 5.41) is 10.0. The average molecular weight is 510 g/mol.